The summed E-state index contributed by atoms with van der Waals surface area (Å²) in [6.45, 7) is 2.92. The molecular formula is C4H4O2. The van der Waals surface area contributed by atoms with E-state index in [9.17, 15) is 0 Å². The second-order valence-corrected chi connectivity index (χ2v) is 0.845. The molecule has 0 bridgehead atoms. The highest BCUT2D eigenvalue weighted by molar-refractivity contribution is 4.70. The van der Waals surface area contributed by atoms with Crippen LogP contribution >= 0.6 is 0 Å². The van der Waals surface area contributed by atoms with Gasteiger partial charge in [-0.25, -0.2) is 0 Å². The fourth-order valence-corrected chi connectivity index (χ4v) is 0.231. The van der Waals surface area contributed by atoms with Crippen LogP contribution in [0, 0.1) is 6.61 Å². The molecule has 1 heterocycles. The van der Waals surface area contributed by atoms with Crippen molar-refractivity contribution in [2.45, 2.75) is 0 Å². The zero-order valence-electron chi connectivity index (χ0n) is 3.18. The summed E-state index contributed by atoms with van der Waals surface area (Å²) in [5.41, 5.74) is 0. The first-order valence-corrected chi connectivity index (χ1v) is 1.65. The highest BCUT2D eigenvalue weighted by Gasteiger charge is 1.89. The first-order valence-electron chi connectivity index (χ1n) is 1.65. The van der Waals surface area contributed by atoms with Crippen LogP contribution in [-0.4, -0.2) is 6.61 Å². The Hall–Kier alpha value is -0.660. The second kappa shape index (κ2) is 1.70. The molecule has 0 unspecified atom stereocenters. The maximum atomic E-state index is 4.65. The zero-order valence-corrected chi connectivity index (χ0v) is 3.18. The van der Waals surface area contributed by atoms with Gasteiger partial charge in [-0.2, -0.15) is 0 Å². The van der Waals surface area contributed by atoms with Gasteiger partial charge in [0.2, 0.25) is 6.61 Å². The summed E-state index contributed by atoms with van der Waals surface area (Å²) in [4.78, 5) is 0. The minimum atomic E-state index is 0.441. The molecule has 2 nitrogen and oxygen atoms in total. The molecular weight excluding hydrogens is 80.0 g/mol. The van der Waals surface area contributed by atoms with Crippen LogP contribution in [0.2, 0.25) is 0 Å². The van der Waals surface area contributed by atoms with Gasteiger partial charge in [0, 0.05) is 0 Å². The van der Waals surface area contributed by atoms with Crippen LogP contribution < -0.4 is 0 Å². The van der Waals surface area contributed by atoms with E-state index in [1.165, 1.54) is 12.5 Å². The molecule has 1 aliphatic heterocycles. The van der Waals surface area contributed by atoms with Gasteiger partial charge >= 0.3 is 0 Å². The monoisotopic (exact) mass is 84.0 g/mol. The van der Waals surface area contributed by atoms with E-state index in [2.05, 4.69) is 16.1 Å². The second-order valence-electron chi connectivity index (χ2n) is 0.845. The van der Waals surface area contributed by atoms with Crippen LogP contribution in [0.4, 0.5) is 0 Å². The Morgan fingerprint density at radius 1 is 1.50 bits per heavy atom. The van der Waals surface area contributed by atoms with Gasteiger partial charge in [-0.3, -0.25) is 0 Å². The normalized spacial score (nSPS) is 18.7. The Morgan fingerprint density at radius 3 is 2.67 bits per heavy atom. The van der Waals surface area contributed by atoms with Gasteiger partial charge in [0.05, 0.1) is 0 Å². The van der Waals surface area contributed by atoms with Gasteiger partial charge in [-0.1, -0.05) is 0 Å². The molecule has 0 saturated heterocycles. The molecule has 0 saturated carbocycles. The fourth-order valence-electron chi connectivity index (χ4n) is 0.231. The third kappa shape index (κ3) is 0.641. The van der Waals surface area contributed by atoms with Crippen LogP contribution in [-0.2, 0) is 9.47 Å². The topological polar surface area (TPSA) is 18.5 Å². The molecule has 0 aromatic heterocycles. The molecule has 32 valence electrons. The van der Waals surface area contributed by atoms with Crippen molar-refractivity contribution in [3.05, 3.63) is 19.1 Å². The Morgan fingerprint density at radius 2 is 2.50 bits per heavy atom. The van der Waals surface area contributed by atoms with E-state index < -0.39 is 0 Å². The van der Waals surface area contributed by atoms with E-state index in [1.54, 1.807) is 0 Å². The van der Waals surface area contributed by atoms with E-state index in [0.29, 0.717) is 6.61 Å². The molecule has 0 N–H and O–H groups in total. The molecule has 0 aliphatic carbocycles. The Balaban J connectivity index is 2.26. The summed E-state index contributed by atoms with van der Waals surface area (Å²) in [5.74, 6) is 0. The predicted octanol–water partition coefficient (Wildman–Crippen LogP) is 0.543. The first kappa shape index (κ1) is 3.53. The lowest BCUT2D eigenvalue weighted by Gasteiger charge is -2.02. The lowest BCUT2D eigenvalue weighted by Crippen LogP contribution is -1.94. The molecule has 1 aliphatic rings. The summed E-state index contributed by atoms with van der Waals surface area (Å²) in [6, 6.07) is 0. The van der Waals surface area contributed by atoms with Crippen molar-refractivity contribution in [3.63, 3.8) is 0 Å². The van der Waals surface area contributed by atoms with Gasteiger partial charge in [-0.15, -0.1) is 0 Å². The average molecular weight is 84.1 g/mol. The molecule has 0 spiro atoms. The Labute approximate surface area is 36.4 Å². The van der Waals surface area contributed by atoms with Crippen LogP contribution in [0.5, 0.6) is 0 Å². The summed E-state index contributed by atoms with van der Waals surface area (Å²) in [5, 5.41) is 0. The molecule has 0 atom stereocenters. The van der Waals surface area contributed by atoms with Crippen molar-refractivity contribution in [2.24, 2.45) is 0 Å². The van der Waals surface area contributed by atoms with E-state index >= 15 is 0 Å². The molecule has 0 fully saturated rings. The smallest absolute Gasteiger partial charge is 0.235 e. The lowest BCUT2D eigenvalue weighted by molar-refractivity contribution is 0.157. The third-order valence-electron chi connectivity index (χ3n) is 0.445. The van der Waals surface area contributed by atoms with Gasteiger partial charge in [0.15, 0.2) is 0 Å². The van der Waals surface area contributed by atoms with E-state index in [-0.39, 0.29) is 0 Å². The maximum Gasteiger partial charge on any atom is 0.235 e. The molecule has 0 aromatic rings. The van der Waals surface area contributed by atoms with Crippen molar-refractivity contribution in [2.75, 3.05) is 6.61 Å². The summed E-state index contributed by atoms with van der Waals surface area (Å²) >= 11 is 0. The Kier molecular flexibility index (Phi) is 0.998. The van der Waals surface area contributed by atoms with Crippen molar-refractivity contribution in [1.29, 1.82) is 0 Å². The standard InChI is InChI=1S/C4H4O2/c1-2-6-4-3-5-1/h1-2H,3H2. The van der Waals surface area contributed by atoms with E-state index in [1.807, 2.05) is 0 Å². The quantitative estimate of drug-likeness (QED) is 0.426. The average Bonchev–Trinajstić information content (AvgIpc) is 1.72. The highest BCUT2D eigenvalue weighted by atomic mass is 16.5. The van der Waals surface area contributed by atoms with Crippen molar-refractivity contribution in [3.8, 4) is 0 Å². The minimum Gasteiger partial charge on any atom is -0.493 e. The molecule has 2 heteroatoms. The van der Waals surface area contributed by atoms with Crippen LogP contribution in [0.3, 0.4) is 0 Å². The zero-order chi connectivity index (χ0) is 4.24. The van der Waals surface area contributed by atoms with Crippen LogP contribution in [0.25, 0.3) is 0 Å². The van der Waals surface area contributed by atoms with Crippen LogP contribution in [0.15, 0.2) is 12.5 Å². The third-order valence-corrected chi connectivity index (χ3v) is 0.445. The molecule has 1 rings (SSSR count). The molecule has 0 amide bonds. The molecule has 6 heavy (non-hydrogen) atoms. The number of hydrogen-bond acceptors (Lipinski definition) is 2. The minimum absolute atomic E-state index is 0.441. The van der Waals surface area contributed by atoms with E-state index in [4.69, 9.17) is 0 Å². The number of rotatable bonds is 0. The Bertz CT molecular complexity index is 50.6. The van der Waals surface area contributed by atoms with Crippen molar-refractivity contribution in [1.82, 2.24) is 0 Å². The van der Waals surface area contributed by atoms with Crippen molar-refractivity contribution < 1.29 is 9.47 Å². The van der Waals surface area contributed by atoms with Gasteiger partial charge in [0.25, 0.3) is 0 Å². The SMILES string of the molecule is [C]1COC=CO1. The van der Waals surface area contributed by atoms with Gasteiger partial charge in [0.1, 0.15) is 19.1 Å². The largest absolute Gasteiger partial charge is 0.493 e. The summed E-state index contributed by atoms with van der Waals surface area (Å²) in [6.07, 6.45) is 2.92. The van der Waals surface area contributed by atoms with Crippen molar-refractivity contribution >= 4 is 0 Å². The summed E-state index contributed by atoms with van der Waals surface area (Å²) < 4.78 is 9.17. The molecule has 0 aromatic carbocycles. The van der Waals surface area contributed by atoms with E-state index in [0.717, 1.165) is 0 Å². The maximum absolute atomic E-state index is 4.65. The first-order chi connectivity index (χ1) is 3.00. The van der Waals surface area contributed by atoms with Gasteiger partial charge < -0.3 is 9.47 Å². The lowest BCUT2D eigenvalue weighted by atomic mass is 10.7. The predicted molar refractivity (Wildman–Crippen MR) is 19.4 cm³/mol. The fraction of sp³-hybridized carbons (Fsp3) is 0.250. The van der Waals surface area contributed by atoms with Crippen LogP contribution in [0.1, 0.15) is 0 Å². The number of ether oxygens (including phenoxy) is 2. The highest BCUT2D eigenvalue weighted by Crippen LogP contribution is 1.92. The molecule has 2 radical (unpaired) electrons. The number of hydrogen-bond donors (Lipinski definition) is 0. The van der Waals surface area contributed by atoms with Gasteiger partial charge in [-0.05, 0) is 0 Å². The summed E-state index contributed by atoms with van der Waals surface area (Å²) in [7, 11) is 0.